The van der Waals surface area contributed by atoms with E-state index in [1.807, 2.05) is 38.1 Å². The van der Waals surface area contributed by atoms with Crippen LogP contribution < -0.4 is 11.1 Å². The summed E-state index contributed by atoms with van der Waals surface area (Å²) >= 11 is 0. The Hall–Kier alpha value is -3.39. The van der Waals surface area contributed by atoms with E-state index in [0.717, 1.165) is 23.1 Å². The average Bonchev–Trinajstić information content (AvgIpc) is 3.47. The Kier molecular flexibility index (Phi) is 7.40. The van der Waals surface area contributed by atoms with Crippen LogP contribution in [0.2, 0.25) is 0 Å². The molecule has 0 unspecified atom stereocenters. The number of likely N-dealkylation sites (tertiary alicyclic amines) is 1. The van der Waals surface area contributed by atoms with Gasteiger partial charge in [-0.1, -0.05) is 62.7 Å². The minimum atomic E-state index is -0.837. The van der Waals surface area contributed by atoms with Crippen molar-refractivity contribution in [1.82, 2.24) is 10.2 Å². The molecule has 8 nitrogen and oxygen atoms in total. The molecule has 1 saturated heterocycles. The molecule has 186 valence electrons. The van der Waals surface area contributed by atoms with Gasteiger partial charge in [0.15, 0.2) is 0 Å². The number of ether oxygens (including phenoxy) is 2. The third-order valence-electron chi connectivity index (χ3n) is 7.27. The third-order valence-corrected chi connectivity index (χ3v) is 7.27. The summed E-state index contributed by atoms with van der Waals surface area (Å²) in [6.07, 6.45) is 0.853. The molecule has 2 aromatic carbocycles. The van der Waals surface area contributed by atoms with E-state index in [4.69, 9.17) is 15.2 Å². The van der Waals surface area contributed by atoms with E-state index in [1.165, 1.54) is 23.1 Å². The second-order valence-electron chi connectivity index (χ2n) is 9.36. The SMILES string of the molecule is CC[C@H](C)[C@H](NC(=O)OCc1cccc2c1Cc1ccccc1-2)C(=O)N1C[C@H](OC)C[C@@H]1C(N)=O. The number of nitrogens with one attached hydrogen (secondary N) is 1. The molecule has 1 fully saturated rings. The number of methoxy groups -OCH3 is 1. The quantitative estimate of drug-likeness (QED) is 0.516. The number of primary amides is 1. The lowest BCUT2D eigenvalue weighted by Gasteiger charge is -2.30. The number of alkyl carbamates (subject to hydrolysis) is 1. The molecule has 3 amide bonds. The predicted octanol–water partition coefficient (Wildman–Crippen LogP) is 3.00. The zero-order valence-corrected chi connectivity index (χ0v) is 20.5. The number of hydrogen-bond acceptors (Lipinski definition) is 5. The smallest absolute Gasteiger partial charge is 0.408 e. The summed E-state index contributed by atoms with van der Waals surface area (Å²) in [5, 5.41) is 2.75. The first-order valence-electron chi connectivity index (χ1n) is 12.1. The summed E-state index contributed by atoms with van der Waals surface area (Å²) in [5.74, 6) is -1.10. The lowest BCUT2D eigenvalue weighted by Crippen LogP contribution is -2.55. The fraction of sp³-hybridized carbons (Fsp3) is 0.444. The highest BCUT2D eigenvalue weighted by molar-refractivity contribution is 5.91. The van der Waals surface area contributed by atoms with Crippen LogP contribution in [-0.4, -0.2) is 54.6 Å². The Balaban J connectivity index is 1.44. The highest BCUT2D eigenvalue weighted by atomic mass is 16.5. The van der Waals surface area contributed by atoms with Crippen molar-refractivity contribution in [2.75, 3.05) is 13.7 Å². The second-order valence-corrected chi connectivity index (χ2v) is 9.36. The molecule has 2 aromatic rings. The molecule has 1 heterocycles. The van der Waals surface area contributed by atoms with Crippen molar-refractivity contribution in [1.29, 1.82) is 0 Å². The summed E-state index contributed by atoms with van der Waals surface area (Å²) in [7, 11) is 1.54. The molecular weight excluding hydrogens is 446 g/mol. The van der Waals surface area contributed by atoms with Crippen molar-refractivity contribution in [3.63, 3.8) is 0 Å². The van der Waals surface area contributed by atoms with Crippen molar-refractivity contribution in [2.45, 2.75) is 57.9 Å². The fourth-order valence-electron chi connectivity index (χ4n) is 5.01. The molecule has 0 bridgehead atoms. The maximum absolute atomic E-state index is 13.4. The molecule has 4 atom stereocenters. The van der Waals surface area contributed by atoms with E-state index in [1.54, 1.807) is 0 Å². The van der Waals surface area contributed by atoms with Crippen LogP contribution in [0.25, 0.3) is 11.1 Å². The molecule has 8 heteroatoms. The van der Waals surface area contributed by atoms with Crippen LogP contribution in [0.15, 0.2) is 42.5 Å². The van der Waals surface area contributed by atoms with Gasteiger partial charge in [-0.25, -0.2) is 4.79 Å². The molecule has 2 aliphatic rings. The Labute approximate surface area is 205 Å². The molecule has 0 spiro atoms. The first kappa shape index (κ1) is 24.7. The van der Waals surface area contributed by atoms with Crippen molar-refractivity contribution in [2.24, 2.45) is 11.7 Å². The Morgan fingerprint density at radius 2 is 1.89 bits per heavy atom. The largest absolute Gasteiger partial charge is 0.445 e. The van der Waals surface area contributed by atoms with Crippen LogP contribution in [0.1, 0.15) is 43.4 Å². The first-order valence-corrected chi connectivity index (χ1v) is 12.1. The lowest BCUT2D eigenvalue weighted by atomic mass is 9.97. The van der Waals surface area contributed by atoms with Gasteiger partial charge in [0.1, 0.15) is 18.7 Å². The van der Waals surface area contributed by atoms with E-state index >= 15 is 0 Å². The van der Waals surface area contributed by atoms with Gasteiger partial charge in [-0.15, -0.1) is 0 Å². The maximum atomic E-state index is 13.4. The number of amides is 3. The Morgan fingerprint density at radius 1 is 1.14 bits per heavy atom. The van der Waals surface area contributed by atoms with Gasteiger partial charge in [0.2, 0.25) is 11.8 Å². The number of carbonyl (C=O) groups excluding carboxylic acids is 3. The monoisotopic (exact) mass is 479 g/mol. The topological polar surface area (TPSA) is 111 Å². The molecule has 3 N–H and O–H groups in total. The summed E-state index contributed by atoms with van der Waals surface area (Å²) in [5.41, 5.74) is 11.3. The van der Waals surface area contributed by atoms with Gasteiger partial charge >= 0.3 is 6.09 Å². The van der Waals surface area contributed by atoms with Gasteiger partial charge in [-0.05, 0) is 40.2 Å². The Bertz CT molecular complexity index is 1120. The van der Waals surface area contributed by atoms with Gasteiger partial charge in [0.25, 0.3) is 0 Å². The summed E-state index contributed by atoms with van der Waals surface area (Å²) < 4.78 is 10.9. The molecule has 35 heavy (non-hydrogen) atoms. The predicted molar refractivity (Wildman–Crippen MR) is 131 cm³/mol. The van der Waals surface area contributed by atoms with Gasteiger partial charge < -0.3 is 25.4 Å². The first-order chi connectivity index (χ1) is 16.8. The van der Waals surface area contributed by atoms with Crippen molar-refractivity contribution >= 4 is 17.9 Å². The molecular formula is C27H33N3O5. The zero-order chi connectivity index (χ0) is 25.1. The molecule has 1 aliphatic carbocycles. The van der Waals surface area contributed by atoms with Crippen LogP contribution in [-0.2, 0) is 32.1 Å². The van der Waals surface area contributed by atoms with Crippen molar-refractivity contribution < 1.29 is 23.9 Å². The number of nitrogens with zero attached hydrogens (tertiary/aromatic N) is 1. The highest BCUT2D eigenvalue weighted by Gasteiger charge is 2.42. The van der Waals surface area contributed by atoms with E-state index in [9.17, 15) is 14.4 Å². The fourth-order valence-corrected chi connectivity index (χ4v) is 5.01. The Morgan fingerprint density at radius 3 is 2.60 bits per heavy atom. The lowest BCUT2D eigenvalue weighted by molar-refractivity contribution is -0.140. The second kappa shape index (κ2) is 10.5. The zero-order valence-electron chi connectivity index (χ0n) is 20.5. The number of benzene rings is 2. The van der Waals surface area contributed by atoms with Crippen LogP contribution in [0, 0.1) is 5.92 Å². The van der Waals surface area contributed by atoms with Gasteiger partial charge in [0, 0.05) is 20.1 Å². The third kappa shape index (κ3) is 5.03. The molecule has 0 radical (unpaired) electrons. The van der Waals surface area contributed by atoms with E-state index in [-0.39, 0.29) is 31.1 Å². The maximum Gasteiger partial charge on any atom is 0.408 e. The minimum Gasteiger partial charge on any atom is -0.445 e. The van der Waals surface area contributed by atoms with Gasteiger partial charge in [-0.2, -0.15) is 0 Å². The number of fused-ring (bicyclic) bond motifs is 3. The van der Waals surface area contributed by atoms with E-state index < -0.39 is 24.1 Å². The highest BCUT2D eigenvalue weighted by Crippen LogP contribution is 2.38. The van der Waals surface area contributed by atoms with Crippen molar-refractivity contribution in [3.05, 3.63) is 59.2 Å². The molecule has 1 aliphatic heterocycles. The van der Waals surface area contributed by atoms with Crippen molar-refractivity contribution in [3.8, 4) is 11.1 Å². The molecule has 0 saturated carbocycles. The number of nitrogens with two attached hydrogens (primary N) is 1. The normalized spacial score (nSPS) is 20.0. The summed E-state index contributed by atoms with van der Waals surface area (Å²) in [6.45, 7) is 4.18. The van der Waals surface area contributed by atoms with Crippen LogP contribution >= 0.6 is 0 Å². The summed E-state index contributed by atoms with van der Waals surface area (Å²) in [6, 6.07) is 12.7. The van der Waals surface area contributed by atoms with Crippen LogP contribution in [0.4, 0.5) is 4.79 Å². The van der Waals surface area contributed by atoms with Gasteiger partial charge in [0.05, 0.1) is 6.10 Å². The number of carbonyl (C=O) groups is 3. The number of rotatable bonds is 8. The van der Waals surface area contributed by atoms with Gasteiger partial charge in [-0.3, -0.25) is 9.59 Å². The van der Waals surface area contributed by atoms with Crippen LogP contribution in [0.3, 0.4) is 0 Å². The molecule has 0 aromatic heterocycles. The van der Waals surface area contributed by atoms with E-state index in [0.29, 0.717) is 12.8 Å². The number of hydrogen-bond donors (Lipinski definition) is 2. The average molecular weight is 480 g/mol. The minimum absolute atomic E-state index is 0.101. The standard InChI is InChI=1S/C27H33N3O5/c1-4-16(2)24(26(32)30-14-19(34-3)13-23(30)25(28)31)29-27(33)35-15-18-9-7-11-21-20-10-6-5-8-17(20)12-22(18)21/h5-11,16,19,23-24H,4,12-15H2,1-3H3,(H2,28,31)(H,29,33)/t16-,19+,23+,24-/m0/s1. The van der Waals surface area contributed by atoms with E-state index in [2.05, 4.69) is 23.5 Å². The summed E-state index contributed by atoms with van der Waals surface area (Å²) in [4.78, 5) is 39.6. The molecule has 4 rings (SSSR count). The van der Waals surface area contributed by atoms with Crippen LogP contribution in [0.5, 0.6) is 0 Å².